The van der Waals surface area contributed by atoms with Crippen LogP contribution in [0, 0.1) is 5.82 Å². The molecule has 3 atom stereocenters. The molecular weight excluding hydrogens is 305 g/mol. The lowest BCUT2D eigenvalue weighted by atomic mass is 9.99. The van der Waals surface area contributed by atoms with Crippen molar-refractivity contribution in [2.75, 3.05) is 6.61 Å². The Bertz CT molecular complexity index is 658. The van der Waals surface area contributed by atoms with Gasteiger partial charge in [-0.3, -0.25) is 0 Å². The Morgan fingerprint density at radius 1 is 1.42 bits per heavy atom. The lowest BCUT2D eigenvalue weighted by Gasteiger charge is -2.34. The van der Waals surface area contributed by atoms with Gasteiger partial charge >= 0.3 is 0 Å². The van der Waals surface area contributed by atoms with Crippen LogP contribution in [-0.2, 0) is 18.2 Å². The van der Waals surface area contributed by atoms with Crippen LogP contribution in [0.15, 0.2) is 36.7 Å². The highest BCUT2D eigenvalue weighted by molar-refractivity contribution is 5.17. The Hall–Kier alpha value is -1.72. The van der Waals surface area contributed by atoms with E-state index in [4.69, 9.17) is 4.74 Å². The van der Waals surface area contributed by atoms with E-state index in [0.29, 0.717) is 6.04 Å². The molecule has 5 heteroatoms. The molecule has 0 radical (unpaired) electrons. The van der Waals surface area contributed by atoms with Gasteiger partial charge in [-0.2, -0.15) is 0 Å². The quantitative estimate of drug-likeness (QED) is 0.882. The highest BCUT2D eigenvalue weighted by Gasteiger charge is 2.30. The van der Waals surface area contributed by atoms with Crippen LogP contribution in [0.4, 0.5) is 4.39 Å². The smallest absolute Gasteiger partial charge is 0.139 e. The van der Waals surface area contributed by atoms with Crippen molar-refractivity contribution >= 4 is 0 Å². The van der Waals surface area contributed by atoms with Crippen molar-refractivity contribution in [3.63, 3.8) is 0 Å². The molecule has 0 bridgehead atoms. The Morgan fingerprint density at radius 2 is 2.25 bits per heavy atom. The molecular formula is C19H26FN3O. The lowest BCUT2D eigenvalue weighted by molar-refractivity contribution is -0.0201. The van der Waals surface area contributed by atoms with Gasteiger partial charge in [0.25, 0.3) is 0 Å². The number of rotatable bonds is 6. The summed E-state index contributed by atoms with van der Waals surface area (Å²) in [5, 5.41) is 3.67. The maximum Gasteiger partial charge on any atom is 0.139 e. The van der Waals surface area contributed by atoms with Gasteiger partial charge in [0, 0.05) is 38.1 Å². The first-order chi connectivity index (χ1) is 11.6. The van der Waals surface area contributed by atoms with Gasteiger partial charge in [-0.15, -0.1) is 0 Å². The third kappa shape index (κ3) is 4.02. The summed E-state index contributed by atoms with van der Waals surface area (Å²) in [5.74, 6) is 0.852. The molecule has 0 aliphatic carbocycles. The number of nitrogens with one attached hydrogen (secondary N) is 1. The van der Waals surface area contributed by atoms with Crippen LogP contribution in [0.2, 0.25) is 0 Å². The summed E-state index contributed by atoms with van der Waals surface area (Å²) in [6, 6.07) is 7.55. The molecule has 1 fully saturated rings. The second-order valence-electron chi connectivity index (χ2n) is 6.63. The van der Waals surface area contributed by atoms with Crippen LogP contribution in [0.3, 0.4) is 0 Å². The minimum atomic E-state index is -0.114. The summed E-state index contributed by atoms with van der Waals surface area (Å²) in [4.78, 5) is 4.45. The summed E-state index contributed by atoms with van der Waals surface area (Å²) in [6.07, 6.45) is 7.50. The first-order valence-corrected chi connectivity index (χ1v) is 8.73. The molecule has 0 amide bonds. The normalized spacial score (nSPS) is 22.5. The number of hydrogen-bond donors (Lipinski definition) is 1. The molecule has 2 aromatic rings. The molecule has 0 saturated carbocycles. The summed E-state index contributed by atoms with van der Waals surface area (Å²) in [7, 11) is 2.00. The number of benzene rings is 1. The summed E-state index contributed by atoms with van der Waals surface area (Å²) < 4.78 is 21.8. The van der Waals surface area contributed by atoms with Crippen LogP contribution < -0.4 is 5.32 Å². The van der Waals surface area contributed by atoms with E-state index in [1.807, 2.05) is 36.1 Å². The molecule has 1 aliphatic rings. The minimum absolute atomic E-state index is 0.0188. The number of aryl methyl sites for hydroxylation is 2. The van der Waals surface area contributed by atoms with E-state index in [9.17, 15) is 4.39 Å². The van der Waals surface area contributed by atoms with Gasteiger partial charge in [-0.1, -0.05) is 18.2 Å². The second-order valence-corrected chi connectivity index (χ2v) is 6.63. The maximum atomic E-state index is 13.7. The number of nitrogens with zero attached hydrogens (tertiary/aromatic N) is 2. The van der Waals surface area contributed by atoms with Crippen LogP contribution in [0.1, 0.15) is 43.7 Å². The second kappa shape index (κ2) is 7.90. The molecule has 0 spiro atoms. The molecule has 2 heterocycles. The number of aromatic nitrogens is 2. The molecule has 130 valence electrons. The molecule has 3 rings (SSSR count). The number of imidazole rings is 1. The fraction of sp³-hybridized carbons (Fsp3) is 0.526. The molecule has 1 aromatic carbocycles. The van der Waals surface area contributed by atoms with Crippen molar-refractivity contribution in [1.29, 1.82) is 0 Å². The Kier molecular flexibility index (Phi) is 5.63. The van der Waals surface area contributed by atoms with E-state index in [1.165, 1.54) is 6.07 Å². The first-order valence-electron chi connectivity index (χ1n) is 8.73. The van der Waals surface area contributed by atoms with Gasteiger partial charge in [-0.25, -0.2) is 9.37 Å². The summed E-state index contributed by atoms with van der Waals surface area (Å²) >= 11 is 0. The van der Waals surface area contributed by atoms with Crippen molar-refractivity contribution in [2.45, 2.75) is 50.8 Å². The van der Waals surface area contributed by atoms with E-state index >= 15 is 0 Å². The van der Waals surface area contributed by atoms with Gasteiger partial charge in [0.05, 0.1) is 0 Å². The predicted molar refractivity (Wildman–Crippen MR) is 92.2 cm³/mol. The van der Waals surface area contributed by atoms with Crippen LogP contribution in [-0.4, -0.2) is 28.2 Å². The average molecular weight is 331 g/mol. The van der Waals surface area contributed by atoms with Crippen LogP contribution >= 0.6 is 0 Å². The van der Waals surface area contributed by atoms with E-state index in [0.717, 1.165) is 43.7 Å². The SMILES string of the molecule is C[C@H](CCc1ccccc1F)N[C@H]1CCCO[C@@H]1c1nccn1C. The topological polar surface area (TPSA) is 39.1 Å². The zero-order valence-corrected chi connectivity index (χ0v) is 14.4. The molecule has 1 saturated heterocycles. The fourth-order valence-corrected chi connectivity index (χ4v) is 3.38. The first kappa shape index (κ1) is 17.1. The molecule has 1 aliphatic heterocycles. The molecule has 1 N–H and O–H groups in total. The molecule has 24 heavy (non-hydrogen) atoms. The zero-order valence-electron chi connectivity index (χ0n) is 14.4. The van der Waals surface area contributed by atoms with Crippen molar-refractivity contribution in [3.05, 3.63) is 53.9 Å². The van der Waals surface area contributed by atoms with E-state index in [2.05, 4.69) is 17.2 Å². The van der Waals surface area contributed by atoms with Gasteiger partial charge in [0.15, 0.2) is 0 Å². The van der Waals surface area contributed by atoms with Crippen molar-refractivity contribution < 1.29 is 9.13 Å². The minimum Gasteiger partial charge on any atom is -0.369 e. The van der Waals surface area contributed by atoms with Gasteiger partial charge in [-0.05, 0) is 44.2 Å². The van der Waals surface area contributed by atoms with Gasteiger partial charge in [0.2, 0.25) is 0 Å². The number of hydrogen-bond acceptors (Lipinski definition) is 3. The Balaban J connectivity index is 1.59. The Morgan fingerprint density at radius 3 is 3.00 bits per heavy atom. The monoisotopic (exact) mass is 331 g/mol. The van der Waals surface area contributed by atoms with Crippen LogP contribution in [0.25, 0.3) is 0 Å². The maximum absolute atomic E-state index is 13.7. The third-order valence-corrected chi connectivity index (χ3v) is 4.74. The van der Waals surface area contributed by atoms with E-state index in [1.54, 1.807) is 6.07 Å². The summed E-state index contributed by atoms with van der Waals surface area (Å²) in [6.45, 7) is 2.93. The van der Waals surface area contributed by atoms with Crippen molar-refractivity contribution in [2.24, 2.45) is 7.05 Å². The van der Waals surface area contributed by atoms with Gasteiger partial charge < -0.3 is 14.6 Å². The lowest BCUT2D eigenvalue weighted by Crippen LogP contribution is -2.44. The third-order valence-electron chi connectivity index (χ3n) is 4.74. The number of ether oxygens (including phenoxy) is 1. The predicted octanol–water partition coefficient (Wildman–Crippen LogP) is 3.39. The molecule has 1 aromatic heterocycles. The largest absolute Gasteiger partial charge is 0.369 e. The van der Waals surface area contributed by atoms with Crippen LogP contribution in [0.5, 0.6) is 0 Å². The molecule has 0 unspecified atom stereocenters. The highest BCUT2D eigenvalue weighted by Crippen LogP contribution is 2.27. The summed E-state index contributed by atoms with van der Waals surface area (Å²) in [5.41, 5.74) is 0.784. The van der Waals surface area contributed by atoms with Gasteiger partial charge in [0.1, 0.15) is 17.7 Å². The van der Waals surface area contributed by atoms with E-state index in [-0.39, 0.29) is 18.0 Å². The zero-order chi connectivity index (χ0) is 16.9. The highest BCUT2D eigenvalue weighted by atomic mass is 19.1. The van der Waals surface area contributed by atoms with Crippen molar-refractivity contribution in [3.8, 4) is 0 Å². The standard InChI is InChI=1S/C19H26FN3O/c1-14(9-10-15-6-3-4-7-16(15)20)22-17-8-5-13-24-18(17)19-21-11-12-23(19)2/h3-4,6-7,11-12,14,17-18,22H,5,8-10,13H2,1-2H3/t14-,17+,18+/m1/s1. The Labute approximate surface area is 143 Å². The molecule has 4 nitrogen and oxygen atoms in total. The average Bonchev–Trinajstić information content (AvgIpc) is 3.00. The van der Waals surface area contributed by atoms with Crippen molar-refractivity contribution in [1.82, 2.24) is 14.9 Å². The number of halogens is 1. The van der Waals surface area contributed by atoms with E-state index < -0.39 is 0 Å². The fourth-order valence-electron chi connectivity index (χ4n) is 3.38.